The minimum absolute atomic E-state index is 0.0628. The number of unbranched alkanes of at least 4 members (excludes halogenated alkanes) is 1. The molecule has 0 aliphatic carbocycles. The van der Waals surface area contributed by atoms with Gasteiger partial charge in [-0.05, 0) is 19.8 Å². The lowest BCUT2D eigenvalue weighted by atomic mass is 10.2. The van der Waals surface area contributed by atoms with Gasteiger partial charge in [0, 0.05) is 12.8 Å². The van der Waals surface area contributed by atoms with Crippen LogP contribution in [0.25, 0.3) is 0 Å². The smallest absolute Gasteiger partial charge is 0.303 e. The van der Waals surface area contributed by atoms with Gasteiger partial charge in [0.25, 0.3) is 0 Å². The first kappa shape index (κ1) is 19.1. The number of rotatable bonds is 5. The van der Waals surface area contributed by atoms with Gasteiger partial charge in [0.2, 0.25) is 0 Å². The number of hydrogen-bond acceptors (Lipinski definition) is 2. The van der Waals surface area contributed by atoms with E-state index in [1.807, 2.05) is 6.92 Å². The van der Waals surface area contributed by atoms with Crippen LogP contribution >= 0.6 is 0 Å². The fourth-order valence-corrected chi connectivity index (χ4v) is 0.552. The molecular formula is C11H20O4. The molecule has 0 aliphatic rings. The zero-order valence-electron chi connectivity index (χ0n) is 9.24. The van der Waals surface area contributed by atoms with Gasteiger partial charge in [-0.15, -0.1) is 19.7 Å². The minimum Gasteiger partial charge on any atom is -0.481 e. The van der Waals surface area contributed by atoms with Gasteiger partial charge in [-0.2, -0.15) is 0 Å². The van der Waals surface area contributed by atoms with E-state index in [0.717, 1.165) is 0 Å². The van der Waals surface area contributed by atoms with Crippen LogP contribution < -0.4 is 0 Å². The molecule has 0 aromatic heterocycles. The summed E-state index contributed by atoms with van der Waals surface area (Å²) in [5, 5.41) is 16.3. The van der Waals surface area contributed by atoms with E-state index in [-0.39, 0.29) is 12.8 Å². The molecule has 0 radical (unpaired) electrons. The fraction of sp³-hybridized carbons (Fsp3) is 0.455. The Balaban J connectivity index is -0.000000245. The topological polar surface area (TPSA) is 74.6 Å². The summed E-state index contributed by atoms with van der Waals surface area (Å²) in [6, 6.07) is 0. The fourth-order valence-electron chi connectivity index (χ4n) is 0.552. The summed E-state index contributed by atoms with van der Waals surface area (Å²) in [7, 11) is 0. The molecule has 4 nitrogen and oxygen atoms in total. The molecule has 0 unspecified atom stereocenters. The molecule has 0 atom stereocenters. The van der Waals surface area contributed by atoms with E-state index >= 15 is 0 Å². The number of carbonyl (C=O) groups is 2. The Hall–Kier alpha value is -1.58. The van der Waals surface area contributed by atoms with Gasteiger partial charge >= 0.3 is 11.9 Å². The van der Waals surface area contributed by atoms with Crippen LogP contribution in [0.3, 0.4) is 0 Å². The van der Waals surface area contributed by atoms with Crippen LogP contribution in [0.4, 0.5) is 0 Å². The molecule has 0 fully saturated rings. The molecule has 0 rings (SSSR count). The summed E-state index contributed by atoms with van der Waals surface area (Å²) in [5.74, 6) is -1.74. The van der Waals surface area contributed by atoms with Gasteiger partial charge in [-0.25, -0.2) is 0 Å². The van der Waals surface area contributed by atoms with Crippen LogP contribution in [0.2, 0.25) is 0 Å². The Morgan fingerprint density at radius 3 is 1.40 bits per heavy atom. The maximum atomic E-state index is 9.90. The first-order valence-electron chi connectivity index (χ1n) is 4.55. The number of aliphatic carboxylic acids is 2. The third kappa shape index (κ3) is 45.9. The second kappa shape index (κ2) is 18.3. The van der Waals surface area contributed by atoms with Crippen LogP contribution in [0.15, 0.2) is 25.8 Å². The monoisotopic (exact) mass is 216 g/mol. The molecular weight excluding hydrogens is 196 g/mol. The van der Waals surface area contributed by atoms with Crippen molar-refractivity contribution in [3.63, 3.8) is 0 Å². The quantitative estimate of drug-likeness (QED) is 0.547. The number of carboxylic acids is 2. The largest absolute Gasteiger partial charge is 0.481 e. The van der Waals surface area contributed by atoms with E-state index in [1.165, 1.54) is 0 Å². The van der Waals surface area contributed by atoms with E-state index in [4.69, 9.17) is 10.2 Å². The SMILES string of the molecule is C=C.C=CC.O=C(O)CCCCC(=O)O. The molecule has 88 valence electrons. The van der Waals surface area contributed by atoms with Gasteiger partial charge in [-0.3, -0.25) is 9.59 Å². The second-order valence-corrected chi connectivity index (χ2v) is 2.40. The van der Waals surface area contributed by atoms with Crippen LogP contribution in [-0.2, 0) is 9.59 Å². The Kier molecular flexibility index (Phi) is 23.2. The van der Waals surface area contributed by atoms with Crippen LogP contribution in [0.5, 0.6) is 0 Å². The highest BCUT2D eigenvalue weighted by atomic mass is 16.4. The van der Waals surface area contributed by atoms with Gasteiger partial charge in [0.05, 0.1) is 0 Å². The average molecular weight is 216 g/mol. The molecule has 15 heavy (non-hydrogen) atoms. The van der Waals surface area contributed by atoms with Gasteiger partial charge in [-0.1, -0.05) is 6.08 Å². The third-order valence-corrected chi connectivity index (χ3v) is 1.03. The Morgan fingerprint density at radius 2 is 1.27 bits per heavy atom. The summed E-state index contributed by atoms with van der Waals surface area (Å²) < 4.78 is 0. The van der Waals surface area contributed by atoms with E-state index in [9.17, 15) is 9.59 Å². The highest BCUT2D eigenvalue weighted by Gasteiger charge is 1.99. The average Bonchev–Trinajstić information content (AvgIpc) is 2.16. The van der Waals surface area contributed by atoms with E-state index < -0.39 is 11.9 Å². The van der Waals surface area contributed by atoms with Crippen molar-refractivity contribution >= 4 is 11.9 Å². The highest BCUT2D eigenvalue weighted by Crippen LogP contribution is 1.98. The summed E-state index contributed by atoms with van der Waals surface area (Å²) in [6.07, 6.45) is 2.77. The molecule has 4 heteroatoms. The van der Waals surface area contributed by atoms with Gasteiger partial charge in [0.15, 0.2) is 0 Å². The van der Waals surface area contributed by atoms with E-state index in [0.29, 0.717) is 12.8 Å². The molecule has 0 saturated carbocycles. The molecule has 0 saturated heterocycles. The Morgan fingerprint density at radius 1 is 1.07 bits per heavy atom. The molecule has 0 aliphatic heterocycles. The lowest BCUT2D eigenvalue weighted by Crippen LogP contribution is -1.97. The molecule has 0 aromatic rings. The van der Waals surface area contributed by atoms with E-state index in [1.54, 1.807) is 6.08 Å². The summed E-state index contributed by atoms with van der Waals surface area (Å²) >= 11 is 0. The number of carboxylic acid groups (broad SMARTS) is 2. The third-order valence-electron chi connectivity index (χ3n) is 1.03. The maximum absolute atomic E-state index is 9.90. The maximum Gasteiger partial charge on any atom is 0.303 e. The van der Waals surface area contributed by atoms with Crippen molar-refractivity contribution in [3.05, 3.63) is 25.8 Å². The zero-order chi connectivity index (χ0) is 12.7. The minimum atomic E-state index is -0.870. The van der Waals surface area contributed by atoms with Crippen molar-refractivity contribution in [1.29, 1.82) is 0 Å². The summed E-state index contributed by atoms with van der Waals surface area (Å²) in [5.41, 5.74) is 0. The lowest BCUT2D eigenvalue weighted by molar-refractivity contribution is -0.139. The summed E-state index contributed by atoms with van der Waals surface area (Å²) in [6.45, 7) is 11.2. The number of hydrogen-bond donors (Lipinski definition) is 2. The highest BCUT2D eigenvalue weighted by molar-refractivity contribution is 5.67. The van der Waals surface area contributed by atoms with Crippen molar-refractivity contribution < 1.29 is 19.8 Å². The Bertz CT molecular complexity index is 159. The first-order valence-corrected chi connectivity index (χ1v) is 4.55. The van der Waals surface area contributed by atoms with Crippen LogP contribution in [0.1, 0.15) is 32.6 Å². The molecule has 0 spiro atoms. The summed E-state index contributed by atoms with van der Waals surface area (Å²) in [4.78, 5) is 19.8. The molecule has 0 amide bonds. The van der Waals surface area contributed by atoms with Crippen LogP contribution in [-0.4, -0.2) is 22.2 Å². The van der Waals surface area contributed by atoms with Gasteiger partial charge < -0.3 is 10.2 Å². The van der Waals surface area contributed by atoms with Crippen molar-refractivity contribution in [2.24, 2.45) is 0 Å². The molecule has 0 aromatic carbocycles. The second-order valence-electron chi connectivity index (χ2n) is 2.40. The normalized spacial score (nSPS) is 7.27. The lowest BCUT2D eigenvalue weighted by Gasteiger charge is -1.92. The van der Waals surface area contributed by atoms with Crippen molar-refractivity contribution in [2.45, 2.75) is 32.6 Å². The van der Waals surface area contributed by atoms with Crippen LogP contribution in [0, 0.1) is 0 Å². The van der Waals surface area contributed by atoms with Gasteiger partial charge in [0.1, 0.15) is 0 Å². The zero-order valence-corrected chi connectivity index (χ0v) is 9.24. The predicted molar refractivity (Wildman–Crippen MR) is 60.9 cm³/mol. The van der Waals surface area contributed by atoms with Crippen molar-refractivity contribution in [3.8, 4) is 0 Å². The molecule has 0 bridgehead atoms. The number of allylic oxidation sites excluding steroid dienone is 1. The molecule has 0 heterocycles. The molecule has 2 N–H and O–H groups in total. The van der Waals surface area contributed by atoms with Crippen molar-refractivity contribution in [1.82, 2.24) is 0 Å². The van der Waals surface area contributed by atoms with Crippen molar-refractivity contribution in [2.75, 3.05) is 0 Å². The first-order chi connectivity index (χ1) is 7.04. The predicted octanol–water partition coefficient (Wildman–Crippen LogP) is 2.71. The standard InChI is InChI=1S/C6H10O4.C3H6.C2H4/c7-5(8)3-1-2-4-6(9)10;1-3-2;1-2/h1-4H2,(H,7,8)(H,9,10);3H,1H2,2H3;1-2H2. The van der Waals surface area contributed by atoms with E-state index in [2.05, 4.69) is 19.7 Å². The Labute approximate surface area is 90.9 Å².